The van der Waals surface area contributed by atoms with Crippen molar-refractivity contribution in [3.8, 4) is 0 Å². The fourth-order valence-corrected chi connectivity index (χ4v) is 4.05. The Balaban J connectivity index is 2.14. The third kappa shape index (κ3) is 8.37. The number of benzene rings is 2. The first-order valence-corrected chi connectivity index (χ1v) is 11.7. The molecule has 2 aromatic rings. The van der Waals surface area contributed by atoms with Crippen molar-refractivity contribution in [2.24, 2.45) is 0 Å². The molecule has 0 heterocycles. The van der Waals surface area contributed by atoms with E-state index in [0.717, 1.165) is 16.7 Å². The maximum absolute atomic E-state index is 13.2. The van der Waals surface area contributed by atoms with E-state index in [1.54, 1.807) is 17.0 Å². The normalized spacial score (nSPS) is 12.3. The van der Waals surface area contributed by atoms with Gasteiger partial charge in [0.2, 0.25) is 11.8 Å². The van der Waals surface area contributed by atoms with E-state index >= 15 is 0 Å². The lowest BCUT2D eigenvalue weighted by molar-refractivity contribution is -0.140. The molecule has 0 aliphatic carbocycles. The minimum absolute atomic E-state index is 0.0800. The van der Waals surface area contributed by atoms with Crippen molar-refractivity contribution in [1.29, 1.82) is 0 Å². The highest BCUT2D eigenvalue weighted by Gasteiger charge is 2.30. The van der Waals surface area contributed by atoms with Gasteiger partial charge in [-0.15, -0.1) is 11.8 Å². The average molecular weight is 445 g/mol. The molecular formula is C25H33FN2O2S. The Morgan fingerprint density at radius 3 is 2.16 bits per heavy atom. The number of hydrogen-bond donors (Lipinski definition) is 1. The molecule has 0 spiro atoms. The number of thioether (sulfide) groups is 1. The molecule has 6 heteroatoms. The second kappa shape index (κ2) is 11.3. The number of carbonyl (C=O) groups excluding carboxylic acids is 2. The van der Waals surface area contributed by atoms with Gasteiger partial charge >= 0.3 is 0 Å². The number of rotatable bonds is 9. The Bertz CT molecular complexity index is 861. The molecule has 0 fully saturated rings. The van der Waals surface area contributed by atoms with Crippen LogP contribution >= 0.6 is 11.8 Å². The molecule has 4 nitrogen and oxygen atoms in total. The van der Waals surface area contributed by atoms with Crippen LogP contribution < -0.4 is 5.32 Å². The van der Waals surface area contributed by atoms with Gasteiger partial charge in [-0.05, 0) is 57.4 Å². The van der Waals surface area contributed by atoms with Crippen molar-refractivity contribution in [2.75, 3.05) is 5.75 Å². The Hall–Kier alpha value is -2.34. The first-order chi connectivity index (χ1) is 14.6. The number of carbonyl (C=O) groups is 2. The summed E-state index contributed by atoms with van der Waals surface area (Å²) in [7, 11) is 0. The van der Waals surface area contributed by atoms with Crippen molar-refractivity contribution in [2.45, 2.75) is 64.9 Å². The molecule has 1 N–H and O–H groups in total. The molecule has 0 saturated carbocycles. The summed E-state index contributed by atoms with van der Waals surface area (Å²) in [5.41, 5.74) is 2.72. The predicted octanol–water partition coefficient (Wildman–Crippen LogP) is 5.09. The fraction of sp³-hybridized carbons (Fsp3) is 0.440. The third-order valence-corrected chi connectivity index (χ3v) is 5.75. The van der Waals surface area contributed by atoms with Crippen LogP contribution in [0.4, 0.5) is 4.39 Å². The van der Waals surface area contributed by atoms with E-state index in [1.165, 1.54) is 23.9 Å². The zero-order valence-electron chi connectivity index (χ0n) is 19.1. The van der Waals surface area contributed by atoms with Gasteiger partial charge in [-0.3, -0.25) is 9.59 Å². The molecule has 168 valence electrons. The van der Waals surface area contributed by atoms with Crippen molar-refractivity contribution < 1.29 is 14.0 Å². The van der Waals surface area contributed by atoms with Crippen LogP contribution in [0, 0.1) is 12.7 Å². The Morgan fingerprint density at radius 2 is 1.61 bits per heavy atom. The highest BCUT2D eigenvalue weighted by molar-refractivity contribution is 7.99. The second-order valence-corrected chi connectivity index (χ2v) is 9.78. The molecule has 0 aliphatic rings. The van der Waals surface area contributed by atoms with Crippen LogP contribution in [0.5, 0.6) is 0 Å². The number of amides is 2. The van der Waals surface area contributed by atoms with Gasteiger partial charge in [-0.1, -0.05) is 48.9 Å². The largest absolute Gasteiger partial charge is 0.350 e. The Morgan fingerprint density at radius 1 is 1.03 bits per heavy atom. The van der Waals surface area contributed by atoms with Gasteiger partial charge in [0, 0.05) is 17.8 Å². The van der Waals surface area contributed by atoms with Crippen molar-refractivity contribution in [3.63, 3.8) is 0 Å². The number of hydrogen-bond acceptors (Lipinski definition) is 3. The first kappa shape index (κ1) is 24.9. The quantitative estimate of drug-likeness (QED) is 0.586. The van der Waals surface area contributed by atoms with Crippen LogP contribution in [0.2, 0.25) is 0 Å². The zero-order valence-corrected chi connectivity index (χ0v) is 19.9. The molecular weight excluding hydrogens is 411 g/mol. The topological polar surface area (TPSA) is 49.4 Å². The molecule has 31 heavy (non-hydrogen) atoms. The summed E-state index contributed by atoms with van der Waals surface area (Å²) in [4.78, 5) is 27.8. The summed E-state index contributed by atoms with van der Waals surface area (Å²) in [5.74, 6) is 0.366. The van der Waals surface area contributed by atoms with Gasteiger partial charge in [-0.2, -0.15) is 0 Å². The van der Waals surface area contributed by atoms with E-state index in [-0.39, 0.29) is 28.9 Å². The van der Waals surface area contributed by atoms with Crippen LogP contribution in [0.25, 0.3) is 0 Å². The summed E-state index contributed by atoms with van der Waals surface area (Å²) in [5, 5.41) is 3.01. The number of nitrogens with one attached hydrogen (secondary N) is 1. The van der Waals surface area contributed by atoms with E-state index in [4.69, 9.17) is 0 Å². The minimum atomic E-state index is -0.542. The summed E-state index contributed by atoms with van der Waals surface area (Å²) in [6.45, 7) is 10.1. The summed E-state index contributed by atoms with van der Waals surface area (Å²) < 4.78 is 13.1. The fourth-order valence-electron chi connectivity index (χ4n) is 3.18. The monoisotopic (exact) mass is 444 g/mol. The number of aryl methyl sites for hydroxylation is 1. The number of nitrogens with zero attached hydrogens (tertiary/aromatic N) is 1. The molecule has 1 unspecified atom stereocenters. The van der Waals surface area contributed by atoms with E-state index in [1.807, 2.05) is 58.9 Å². The van der Waals surface area contributed by atoms with Gasteiger partial charge in [0.05, 0.1) is 5.75 Å². The molecule has 1 atom stereocenters. The molecule has 0 radical (unpaired) electrons. The molecule has 0 saturated heterocycles. The van der Waals surface area contributed by atoms with Crippen molar-refractivity contribution >= 4 is 23.6 Å². The average Bonchev–Trinajstić information content (AvgIpc) is 2.69. The van der Waals surface area contributed by atoms with Gasteiger partial charge in [0.25, 0.3) is 0 Å². The van der Waals surface area contributed by atoms with Crippen LogP contribution in [-0.4, -0.2) is 34.0 Å². The molecule has 0 bridgehead atoms. The molecule has 0 aromatic heterocycles. The minimum Gasteiger partial charge on any atom is -0.350 e. The SMILES string of the molecule is CCC(C(=O)NC(C)(C)C)N(Cc1ccc(C)cc1)C(=O)CSCc1ccc(F)cc1. The zero-order chi connectivity index (χ0) is 23.0. The number of halogens is 1. The summed E-state index contributed by atoms with van der Waals surface area (Å²) in [6.07, 6.45) is 0.530. The van der Waals surface area contributed by atoms with Crippen LogP contribution in [0.1, 0.15) is 50.8 Å². The van der Waals surface area contributed by atoms with E-state index in [2.05, 4.69) is 5.32 Å². The van der Waals surface area contributed by atoms with Crippen LogP contribution in [-0.2, 0) is 21.9 Å². The maximum Gasteiger partial charge on any atom is 0.243 e. The van der Waals surface area contributed by atoms with Gasteiger partial charge in [-0.25, -0.2) is 4.39 Å². The lowest BCUT2D eigenvalue weighted by Crippen LogP contribution is -2.53. The smallest absolute Gasteiger partial charge is 0.243 e. The lowest BCUT2D eigenvalue weighted by Gasteiger charge is -2.33. The molecule has 2 aromatic carbocycles. The molecule has 2 amide bonds. The standard InChI is InChI=1S/C25H33FN2O2S/c1-6-22(24(30)27-25(3,4)5)28(15-19-9-7-18(2)8-10-19)23(29)17-31-16-20-11-13-21(26)14-12-20/h7-14,22H,6,15-17H2,1-5H3,(H,27,30). The van der Waals surface area contributed by atoms with Gasteiger partial charge in [0.15, 0.2) is 0 Å². The lowest BCUT2D eigenvalue weighted by atomic mass is 10.1. The van der Waals surface area contributed by atoms with Crippen LogP contribution in [0.3, 0.4) is 0 Å². The Labute approximate surface area is 189 Å². The van der Waals surface area contributed by atoms with Crippen molar-refractivity contribution in [3.05, 3.63) is 71.0 Å². The highest BCUT2D eigenvalue weighted by atomic mass is 32.2. The molecule has 0 aliphatic heterocycles. The predicted molar refractivity (Wildman–Crippen MR) is 126 cm³/mol. The third-order valence-electron chi connectivity index (χ3n) is 4.77. The first-order valence-electron chi connectivity index (χ1n) is 10.6. The van der Waals surface area contributed by atoms with E-state index in [9.17, 15) is 14.0 Å². The van der Waals surface area contributed by atoms with E-state index < -0.39 is 6.04 Å². The van der Waals surface area contributed by atoms with Gasteiger partial charge in [0.1, 0.15) is 11.9 Å². The van der Waals surface area contributed by atoms with E-state index in [0.29, 0.717) is 18.7 Å². The second-order valence-electron chi connectivity index (χ2n) is 8.79. The van der Waals surface area contributed by atoms with Crippen LogP contribution in [0.15, 0.2) is 48.5 Å². The Kier molecular flexibility index (Phi) is 9.11. The summed E-state index contributed by atoms with van der Waals surface area (Å²) in [6, 6.07) is 13.8. The van der Waals surface area contributed by atoms with Gasteiger partial charge < -0.3 is 10.2 Å². The maximum atomic E-state index is 13.2. The molecule has 2 rings (SSSR count). The highest BCUT2D eigenvalue weighted by Crippen LogP contribution is 2.18. The summed E-state index contributed by atoms with van der Waals surface area (Å²) >= 11 is 1.47. The van der Waals surface area contributed by atoms with Crippen molar-refractivity contribution in [1.82, 2.24) is 10.2 Å².